The average Bonchev–Trinajstić information content (AvgIpc) is 2.71. The minimum absolute atomic E-state index is 0.220. The lowest BCUT2D eigenvalue weighted by molar-refractivity contribution is -0.137. The van der Waals surface area contributed by atoms with Gasteiger partial charge in [-0.25, -0.2) is 4.98 Å². The van der Waals surface area contributed by atoms with Gasteiger partial charge in [0.2, 0.25) is 0 Å². The van der Waals surface area contributed by atoms with Crippen LogP contribution in [0.1, 0.15) is 32.0 Å². The van der Waals surface area contributed by atoms with Gasteiger partial charge < -0.3 is 9.67 Å². The van der Waals surface area contributed by atoms with Crippen LogP contribution in [0.25, 0.3) is 11.0 Å². The molecule has 19 heavy (non-hydrogen) atoms. The molecule has 0 amide bonds. The first-order chi connectivity index (χ1) is 9.11. The van der Waals surface area contributed by atoms with Crippen molar-refractivity contribution in [3.05, 3.63) is 29.0 Å². The zero-order chi connectivity index (χ0) is 13.8. The van der Waals surface area contributed by atoms with E-state index >= 15 is 0 Å². The Hall–Kier alpha value is -1.55. The number of halogens is 1. The maximum Gasteiger partial charge on any atom is 0.303 e. The van der Waals surface area contributed by atoms with Gasteiger partial charge in [-0.1, -0.05) is 11.6 Å². The van der Waals surface area contributed by atoms with E-state index in [1.54, 1.807) is 0 Å². The van der Waals surface area contributed by atoms with E-state index in [0.717, 1.165) is 36.2 Å². The molecule has 1 N–H and O–H groups in total. The predicted molar refractivity (Wildman–Crippen MR) is 75.6 cm³/mol. The summed E-state index contributed by atoms with van der Waals surface area (Å²) in [7, 11) is 0. The maximum atomic E-state index is 10.5. The summed E-state index contributed by atoms with van der Waals surface area (Å²) in [6, 6.07) is 5.68. The van der Waals surface area contributed by atoms with Crippen LogP contribution in [0.15, 0.2) is 18.2 Å². The lowest BCUT2D eigenvalue weighted by Gasteiger charge is -2.05. The Labute approximate surface area is 117 Å². The minimum Gasteiger partial charge on any atom is -0.481 e. The molecule has 2 aromatic rings. The number of hydrogen-bond donors (Lipinski definition) is 1. The fraction of sp³-hybridized carbons (Fsp3) is 0.429. The average molecular weight is 281 g/mol. The van der Waals surface area contributed by atoms with Crippen molar-refractivity contribution >= 4 is 28.6 Å². The van der Waals surface area contributed by atoms with Crippen molar-refractivity contribution in [1.82, 2.24) is 9.55 Å². The first kappa shape index (κ1) is 13.9. The quantitative estimate of drug-likeness (QED) is 0.824. The summed E-state index contributed by atoms with van der Waals surface area (Å²) in [5, 5.41) is 9.33. The number of fused-ring (bicyclic) bond motifs is 1. The summed E-state index contributed by atoms with van der Waals surface area (Å²) >= 11 is 6.01. The van der Waals surface area contributed by atoms with Crippen molar-refractivity contribution < 1.29 is 9.90 Å². The van der Waals surface area contributed by atoms with Gasteiger partial charge in [0, 0.05) is 24.4 Å². The van der Waals surface area contributed by atoms with Crippen molar-refractivity contribution in [1.29, 1.82) is 0 Å². The van der Waals surface area contributed by atoms with Gasteiger partial charge in [-0.2, -0.15) is 0 Å². The van der Waals surface area contributed by atoms with Crippen molar-refractivity contribution in [3.63, 3.8) is 0 Å². The van der Waals surface area contributed by atoms with Crippen molar-refractivity contribution in [3.8, 4) is 0 Å². The van der Waals surface area contributed by atoms with E-state index in [0.29, 0.717) is 11.4 Å². The third kappa shape index (κ3) is 3.26. The first-order valence-corrected chi connectivity index (χ1v) is 6.86. The number of carbonyl (C=O) groups is 1. The third-order valence-electron chi connectivity index (χ3n) is 3.15. The maximum absolute atomic E-state index is 10.5. The molecule has 0 atom stereocenters. The van der Waals surface area contributed by atoms with Crippen molar-refractivity contribution in [2.45, 2.75) is 39.2 Å². The van der Waals surface area contributed by atoms with Gasteiger partial charge in [-0.15, -0.1) is 0 Å². The smallest absolute Gasteiger partial charge is 0.303 e. The molecular weight excluding hydrogens is 264 g/mol. The number of aliphatic carboxylic acids is 1. The summed E-state index contributed by atoms with van der Waals surface area (Å²) in [6.07, 6.45) is 2.54. The van der Waals surface area contributed by atoms with E-state index < -0.39 is 5.97 Å². The fourth-order valence-electron chi connectivity index (χ4n) is 2.25. The van der Waals surface area contributed by atoms with Crippen molar-refractivity contribution in [2.75, 3.05) is 0 Å². The van der Waals surface area contributed by atoms with Crippen LogP contribution in [-0.4, -0.2) is 20.6 Å². The second-order valence-electron chi connectivity index (χ2n) is 4.51. The van der Waals surface area contributed by atoms with Crippen molar-refractivity contribution in [2.24, 2.45) is 0 Å². The molecule has 1 aromatic carbocycles. The molecule has 0 aliphatic rings. The van der Waals surface area contributed by atoms with Gasteiger partial charge in [-0.3, -0.25) is 4.79 Å². The summed E-state index contributed by atoms with van der Waals surface area (Å²) < 4.78 is 2.14. The zero-order valence-electron chi connectivity index (χ0n) is 10.9. The Morgan fingerprint density at radius 3 is 2.89 bits per heavy atom. The topological polar surface area (TPSA) is 55.1 Å². The molecule has 1 aromatic heterocycles. The predicted octanol–water partition coefficient (Wildman–Crippen LogP) is 3.51. The molecule has 0 aliphatic carbocycles. The molecule has 0 spiro atoms. The van der Waals surface area contributed by atoms with E-state index in [4.69, 9.17) is 16.7 Å². The van der Waals surface area contributed by atoms with Crippen LogP contribution in [0.4, 0.5) is 0 Å². The Balaban J connectivity index is 2.16. The van der Waals surface area contributed by atoms with Crippen LogP contribution in [0.2, 0.25) is 5.02 Å². The SMILES string of the molecule is CCn1c(CCCCC(=O)O)nc2ccc(Cl)cc21. The molecule has 102 valence electrons. The molecule has 1 heterocycles. The number of benzene rings is 1. The second kappa shape index (κ2) is 6.06. The summed E-state index contributed by atoms with van der Waals surface area (Å²) in [4.78, 5) is 15.1. The standard InChI is InChI=1S/C14H17ClN2O2/c1-2-17-12-9-10(15)7-8-11(12)16-13(17)5-3-4-6-14(18)19/h7-9H,2-6H2,1H3,(H,18,19). The molecule has 0 bridgehead atoms. The molecule has 0 saturated carbocycles. The summed E-state index contributed by atoms with van der Waals surface area (Å²) in [5.74, 6) is 0.265. The van der Waals surface area contributed by atoms with Gasteiger partial charge in [0.25, 0.3) is 0 Å². The molecule has 0 unspecified atom stereocenters. The van der Waals surface area contributed by atoms with Crippen LogP contribution in [-0.2, 0) is 17.8 Å². The number of carboxylic acid groups (broad SMARTS) is 1. The number of nitrogens with zero attached hydrogens (tertiary/aromatic N) is 2. The number of aromatic nitrogens is 2. The fourth-order valence-corrected chi connectivity index (χ4v) is 2.42. The normalized spacial score (nSPS) is 11.1. The number of carboxylic acids is 1. The highest BCUT2D eigenvalue weighted by molar-refractivity contribution is 6.31. The molecule has 0 saturated heterocycles. The van der Waals surface area contributed by atoms with Crippen LogP contribution >= 0.6 is 11.6 Å². The molecular formula is C14H17ClN2O2. The van der Waals surface area contributed by atoms with Gasteiger partial charge >= 0.3 is 5.97 Å². The summed E-state index contributed by atoms with van der Waals surface area (Å²) in [6.45, 7) is 2.91. The van der Waals surface area contributed by atoms with E-state index in [9.17, 15) is 4.79 Å². The van der Waals surface area contributed by atoms with E-state index in [-0.39, 0.29) is 6.42 Å². The highest BCUT2D eigenvalue weighted by Crippen LogP contribution is 2.21. The zero-order valence-corrected chi connectivity index (χ0v) is 11.7. The Morgan fingerprint density at radius 1 is 1.42 bits per heavy atom. The molecule has 2 rings (SSSR count). The van der Waals surface area contributed by atoms with E-state index in [1.165, 1.54) is 0 Å². The number of rotatable bonds is 6. The monoisotopic (exact) mass is 280 g/mol. The molecule has 0 aliphatic heterocycles. The van der Waals surface area contributed by atoms with Crippen LogP contribution in [0, 0.1) is 0 Å². The second-order valence-corrected chi connectivity index (χ2v) is 4.94. The van der Waals surface area contributed by atoms with Gasteiger partial charge in [-0.05, 0) is 38.0 Å². The van der Waals surface area contributed by atoms with E-state index in [1.807, 2.05) is 18.2 Å². The minimum atomic E-state index is -0.740. The third-order valence-corrected chi connectivity index (χ3v) is 3.38. The van der Waals surface area contributed by atoms with Crippen LogP contribution in [0.3, 0.4) is 0 Å². The highest BCUT2D eigenvalue weighted by atomic mass is 35.5. The van der Waals surface area contributed by atoms with Gasteiger partial charge in [0.05, 0.1) is 11.0 Å². The van der Waals surface area contributed by atoms with E-state index in [2.05, 4.69) is 16.5 Å². The van der Waals surface area contributed by atoms with Crippen LogP contribution in [0.5, 0.6) is 0 Å². The highest BCUT2D eigenvalue weighted by Gasteiger charge is 2.09. The molecule has 4 nitrogen and oxygen atoms in total. The molecule has 5 heteroatoms. The number of imidazole rings is 1. The Bertz CT molecular complexity index is 592. The lowest BCUT2D eigenvalue weighted by Crippen LogP contribution is -2.02. The number of aryl methyl sites for hydroxylation is 2. The lowest BCUT2D eigenvalue weighted by atomic mass is 10.2. The number of unbranched alkanes of at least 4 members (excludes halogenated alkanes) is 1. The summed E-state index contributed by atoms with van der Waals surface area (Å²) in [5.41, 5.74) is 1.99. The van der Waals surface area contributed by atoms with Gasteiger partial charge in [0.15, 0.2) is 0 Å². The Kier molecular flexibility index (Phi) is 4.43. The van der Waals surface area contributed by atoms with Crippen LogP contribution < -0.4 is 0 Å². The number of hydrogen-bond acceptors (Lipinski definition) is 2. The first-order valence-electron chi connectivity index (χ1n) is 6.48. The molecule has 0 fully saturated rings. The Morgan fingerprint density at radius 2 is 2.21 bits per heavy atom. The van der Waals surface area contributed by atoms with Gasteiger partial charge in [0.1, 0.15) is 5.82 Å². The largest absolute Gasteiger partial charge is 0.481 e. The molecule has 0 radical (unpaired) electrons.